The van der Waals surface area contributed by atoms with Gasteiger partial charge in [-0.25, -0.2) is 0 Å². The van der Waals surface area contributed by atoms with Gasteiger partial charge in [0, 0.05) is 20.1 Å². The molecule has 2 amide bonds. The van der Waals surface area contributed by atoms with E-state index < -0.39 is 5.91 Å². The molecule has 20 heavy (non-hydrogen) atoms. The van der Waals surface area contributed by atoms with Crippen molar-refractivity contribution in [1.82, 2.24) is 5.32 Å². The minimum absolute atomic E-state index is 0.173. The molecule has 0 radical (unpaired) electrons. The highest BCUT2D eigenvalue weighted by Crippen LogP contribution is 2.38. The summed E-state index contributed by atoms with van der Waals surface area (Å²) in [6.45, 7) is 5.63. The second-order valence-corrected chi connectivity index (χ2v) is 5.40. The third-order valence-electron chi connectivity index (χ3n) is 3.06. The summed E-state index contributed by atoms with van der Waals surface area (Å²) in [5.41, 5.74) is 11.8. The van der Waals surface area contributed by atoms with Crippen molar-refractivity contribution in [3.8, 4) is 0 Å². The molecule has 0 aliphatic carbocycles. The van der Waals surface area contributed by atoms with Gasteiger partial charge in [-0.2, -0.15) is 0 Å². The Labute approximate surface area is 123 Å². The number of carbonyl (C=O) groups excluding carboxylic acids is 2. The molecule has 1 heterocycles. The van der Waals surface area contributed by atoms with Crippen LogP contribution in [-0.4, -0.2) is 32.0 Å². The molecule has 0 aromatic carbocycles. The highest BCUT2D eigenvalue weighted by atomic mass is 32.1. The summed E-state index contributed by atoms with van der Waals surface area (Å²) in [6.07, 6.45) is 2.05. The third kappa shape index (κ3) is 3.22. The van der Waals surface area contributed by atoms with Crippen LogP contribution < -0.4 is 21.7 Å². The van der Waals surface area contributed by atoms with E-state index in [0.29, 0.717) is 9.88 Å². The molecule has 0 saturated heterocycles. The molecule has 0 spiro atoms. The quantitative estimate of drug-likeness (QED) is 0.708. The minimum atomic E-state index is -0.598. The van der Waals surface area contributed by atoms with Gasteiger partial charge < -0.3 is 21.7 Å². The zero-order valence-electron chi connectivity index (χ0n) is 12.2. The average molecular weight is 298 g/mol. The van der Waals surface area contributed by atoms with E-state index in [1.807, 2.05) is 11.8 Å². The number of nitrogens with one attached hydrogen (secondary N) is 1. The normalized spacial score (nSPS) is 10.3. The molecule has 1 rings (SSSR count). The van der Waals surface area contributed by atoms with E-state index in [1.165, 1.54) is 18.4 Å². The maximum absolute atomic E-state index is 11.8. The van der Waals surface area contributed by atoms with Crippen LogP contribution in [0.3, 0.4) is 0 Å². The van der Waals surface area contributed by atoms with E-state index in [4.69, 9.17) is 11.5 Å². The molecule has 0 fully saturated rings. The largest absolute Gasteiger partial charge is 0.397 e. The molecular formula is C13H22N4O2S. The monoisotopic (exact) mass is 298 g/mol. The average Bonchev–Trinajstić information content (AvgIpc) is 2.76. The number of thiophene rings is 1. The molecule has 0 aliphatic heterocycles. The lowest BCUT2D eigenvalue weighted by Crippen LogP contribution is -2.26. The molecule has 0 aliphatic rings. The van der Waals surface area contributed by atoms with Gasteiger partial charge in [-0.15, -0.1) is 11.3 Å². The number of amides is 2. The summed E-state index contributed by atoms with van der Waals surface area (Å²) in [5, 5.41) is 3.21. The van der Waals surface area contributed by atoms with E-state index in [-0.39, 0.29) is 17.2 Å². The Bertz CT molecular complexity index is 499. The van der Waals surface area contributed by atoms with Gasteiger partial charge in [0.05, 0.1) is 11.3 Å². The first-order chi connectivity index (χ1) is 9.47. The van der Waals surface area contributed by atoms with Crippen LogP contribution in [0.4, 0.5) is 10.7 Å². The number of carbonyl (C=O) groups is 2. The predicted octanol–water partition coefficient (Wildman–Crippen LogP) is 1.42. The van der Waals surface area contributed by atoms with E-state index in [0.717, 1.165) is 25.9 Å². The van der Waals surface area contributed by atoms with Crippen molar-refractivity contribution >= 4 is 33.8 Å². The smallest absolute Gasteiger partial charge is 0.263 e. The fraction of sp³-hybridized carbons (Fsp3) is 0.538. The fourth-order valence-electron chi connectivity index (χ4n) is 1.93. The molecule has 0 atom stereocenters. The number of hydrogen-bond acceptors (Lipinski definition) is 5. The van der Waals surface area contributed by atoms with Gasteiger partial charge in [-0.3, -0.25) is 9.59 Å². The number of nitrogens with zero attached hydrogens (tertiary/aromatic N) is 1. The molecule has 6 nitrogen and oxygen atoms in total. The summed E-state index contributed by atoms with van der Waals surface area (Å²) in [5.74, 6) is -0.897. The maximum atomic E-state index is 11.8. The van der Waals surface area contributed by atoms with E-state index in [2.05, 4.69) is 12.2 Å². The number of anilines is 2. The van der Waals surface area contributed by atoms with Gasteiger partial charge in [0.15, 0.2) is 0 Å². The number of unbranched alkanes of at least 4 members (excludes halogenated alkanes) is 1. The summed E-state index contributed by atoms with van der Waals surface area (Å²) in [6, 6.07) is 0. The van der Waals surface area contributed by atoms with Gasteiger partial charge in [0.1, 0.15) is 9.88 Å². The molecule has 1 aromatic rings. The molecule has 5 N–H and O–H groups in total. The Kier molecular flexibility index (Phi) is 5.82. The minimum Gasteiger partial charge on any atom is -0.397 e. The second-order valence-electron chi connectivity index (χ2n) is 4.40. The molecular weight excluding hydrogens is 276 g/mol. The van der Waals surface area contributed by atoms with Crippen LogP contribution in [0.2, 0.25) is 0 Å². The van der Waals surface area contributed by atoms with Gasteiger partial charge in [0.2, 0.25) is 0 Å². The van der Waals surface area contributed by atoms with Gasteiger partial charge >= 0.3 is 0 Å². The van der Waals surface area contributed by atoms with Crippen LogP contribution in [-0.2, 0) is 0 Å². The standard InChI is InChI=1S/C13H22N4O2S/c1-4-6-7-17(5-2)13-8(11(15)18)9(14)10(20-13)12(19)16-3/h4-7,14H2,1-3H3,(H2,15,18)(H,16,19). The summed E-state index contributed by atoms with van der Waals surface area (Å²) in [7, 11) is 1.53. The summed E-state index contributed by atoms with van der Waals surface area (Å²) < 4.78 is 0. The zero-order chi connectivity index (χ0) is 15.3. The second kappa shape index (κ2) is 7.14. The zero-order valence-corrected chi connectivity index (χ0v) is 13.0. The molecule has 0 saturated carbocycles. The molecule has 112 valence electrons. The topological polar surface area (TPSA) is 101 Å². The van der Waals surface area contributed by atoms with Crippen LogP contribution >= 0.6 is 11.3 Å². The molecule has 0 unspecified atom stereocenters. The summed E-state index contributed by atoms with van der Waals surface area (Å²) in [4.78, 5) is 25.8. The maximum Gasteiger partial charge on any atom is 0.263 e. The van der Waals surface area contributed by atoms with Gasteiger partial charge in [0.25, 0.3) is 11.8 Å². The molecule has 1 aromatic heterocycles. The highest BCUT2D eigenvalue weighted by Gasteiger charge is 2.26. The lowest BCUT2D eigenvalue weighted by Gasteiger charge is -2.22. The van der Waals surface area contributed by atoms with E-state index in [9.17, 15) is 9.59 Å². The first kappa shape index (κ1) is 16.3. The number of nitrogens with two attached hydrogens (primary N) is 2. The first-order valence-corrected chi connectivity index (χ1v) is 7.48. The predicted molar refractivity (Wildman–Crippen MR) is 83.4 cm³/mol. The van der Waals surface area contributed by atoms with Crippen LogP contribution in [0.5, 0.6) is 0 Å². The Morgan fingerprint density at radius 3 is 2.45 bits per heavy atom. The van der Waals surface area contributed by atoms with E-state index >= 15 is 0 Å². The first-order valence-electron chi connectivity index (χ1n) is 6.66. The van der Waals surface area contributed by atoms with Crippen molar-refractivity contribution in [2.45, 2.75) is 26.7 Å². The van der Waals surface area contributed by atoms with Gasteiger partial charge in [-0.05, 0) is 13.3 Å². The van der Waals surface area contributed by atoms with Crippen LogP contribution in [0.25, 0.3) is 0 Å². The van der Waals surface area contributed by atoms with E-state index in [1.54, 1.807) is 0 Å². The lowest BCUT2D eigenvalue weighted by atomic mass is 10.2. The number of rotatable bonds is 7. The van der Waals surface area contributed by atoms with Crippen LogP contribution in [0.1, 0.15) is 46.7 Å². The SMILES string of the molecule is CCCCN(CC)c1sc(C(=O)NC)c(N)c1C(N)=O. The van der Waals surface area contributed by atoms with Crippen molar-refractivity contribution in [3.63, 3.8) is 0 Å². The lowest BCUT2D eigenvalue weighted by molar-refractivity contribution is 0.0967. The Morgan fingerprint density at radius 1 is 1.35 bits per heavy atom. The third-order valence-corrected chi connectivity index (χ3v) is 4.32. The number of hydrogen-bond donors (Lipinski definition) is 3. The Hall–Kier alpha value is -1.76. The Balaban J connectivity index is 3.29. The summed E-state index contributed by atoms with van der Waals surface area (Å²) >= 11 is 1.22. The van der Waals surface area contributed by atoms with Gasteiger partial charge in [-0.1, -0.05) is 13.3 Å². The van der Waals surface area contributed by atoms with Crippen molar-refractivity contribution in [1.29, 1.82) is 0 Å². The molecule has 0 bridgehead atoms. The molecule has 7 heteroatoms. The number of nitrogen functional groups attached to an aromatic ring is 1. The van der Waals surface area contributed by atoms with Crippen LogP contribution in [0, 0.1) is 0 Å². The van der Waals surface area contributed by atoms with Crippen molar-refractivity contribution < 1.29 is 9.59 Å². The van der Waals surface area contributed by atoms with Crippen molar-refractivity contribution in [3.05, 3.63) is 10.4 Å². The highest BCUT2D eigenvalue weighted by molar-refractivity contribution is 7.19. The van der Waals surface area contributed by atoms with Crippen molar-refractivity contribution in [2.75, 3.05) is 30.8 Å². The number of primary amides is 1. The van der Waals surface area contributed by atoms with Crippen LogP contribution in [0.15, 0.2) is 0 Å². The van der Waals surface area contributed by atoms with Crippen molar-refractivity contribution in [2.24, 2.45) is 5.73 Å². The fourth-order valence-corrected chi connectivity index (χ4v) is 3.19. The Morgan fingerprint density at radius 2 is 2.00 bits per heavy atom.